The smallest absolute Gasteiger partial charge is 0.185 e. The molecule has 0 unspecified atom stereocenters. The topological polar surface area (TPSA) is 42.9 Å². The highest BCUT2D eigenvalue weighted by Gasteiger charge is 2.03. The van der Waals surface area contributed by atoms with Crippen molar-refractivity contribution in [2.24, 2.45) is 0 Å². The largest absolute Gasteiger partial charge is 0.289 e. The first-order valence-corrected chi connectivity index (χ1v) is 7.31. The molecule has 0 saturated carbocycles. The lowest BCUT2D eigenvalue weighted by atomic mass is 10.0. The number of aromatic nitrogens is 2. The summed E-state index contributed by atoms with van der Waals surface area (Å²) in [5.74, 6) is -0.0392. The van der Waals surface area contributed by atoms with Crippen LogP contribution in [0.4, 0.5) is 0 Å². The molecule has 0 bridgehead atoms. The Bertz CT molecular complexity index is 747. The van der Waals surface area contributed by atoms with Crippen molar-refractivity contribution in [3.63, 3.8) is 0 Å². The average molecular weight is 292 g/mol. The van der Waals surface area contributed by atoms with Crippen LogP contribution in [0, 0.1) is 0 Å². The molecule has 0 radical (unpaired) electrons. The molecule has 4 heteroatoms. The van der Waals surface area contributed by atoms with E-state index in [9.17, 15) is 4.79 Å². The maximum atomic E-state index is 12.1. The van der Waals surface area contributed by atoms with Crippen molar-refractivity contribution in [2.75, 3.05) is 0 Å². The fourth-order valence-corrected chi connectivity index (χ4v) is 2.38. The van der Waals surface area contributed by atoms with Gasteiger partial charge in [-0.2, -0.15) is 0 Å². The van der Waals surface area contributed by atoms with Crippen LogP contribution in [0.5, 0.6) is 0 Å². The van der Waals surface area contributed by atoms with Crippen molar-refractivity contribution >= 4 is 23.4 Å². The van der Waals surface area contributed by atoms with Gasteiger partial charge in [-0.05, 0) is 34.8 Å². The normalized spacial score (nSPS) is 10.9. The number of benzene rings is 2. The summed E-state index contributed by atoms with van der Waals surface area (Å²) < 4.78 is 3.75. The number of rotatable bonds is 4. The lowest BCUT2D eigenvalue weighted by molar-refractivity contribution is 0.104. The van der Waals surface area contributed by atoms with Crippen LogP contribution in [-0.2, 0) is 0 Å². The minimum absolute atomic E-state index is 0.0392. The van der Waals surface area contributed by atoms with Crippen molar-refractivity contribution in [3.8, 4) is 11.1 Å². The summed E-state index contributed by atoms with van der Waals surface area (Å²) in [5, 5.41) is 5.66. The Hall–Kier alpha value is -2.59. The van der Waals surface area contributed by atoms with Crippen LogP contribution < -0.4 is 0 Å². The number of carbonyl (C=O) groups excluding carboxylic acids is 1. The number of allylic oxidation sites excluding steroid dienone is 1. The molecule has 0 fully saturated rings. The molecule has 0 saturated heterocycles. The maximum Gasteiger partial charge on any atom is 0.185 e. The second kappa shape index (κ2) is 6.24. The summed E-state index contributed by atoms with van der Waals surface area (Å²) >= 11 is 1.26. The second-order valence-electron chi connectivity index (χ2n) is 4.47. The predicted molar refractivity (Wildman–Crippen MR) is 85.2 cm³/mol. The molecule has 1 aromatic heterocycles. The second-order valence-corrected chi connectivity index (χ2v) is 5.08. The van der Waals surface area contributed by atoms with Crippen molar-refractivity contribution in [1.82, 2.24) is 9.59 Å². The Morgan fingerprint density at radius 1 is 0.952 bits per heavy atom. The minimum atomic E-state index is -0.0392. The third kappa shape index (κ3) is 3.30. The molecule has 21 heavy (non-hydrogen) atoms. The highest BCUT2D eigenvalue weighted by Crippen LogP contribution is 2.19. The Labute approximate surface area is 126 Å². The van der Waals surface area contributed by atoms with Gasteiger partial charge in [0.2, 0.25) is 0 Å². The maximum absolute atomic E-state index is 12.1. The van der Waals surface area contributed by atoms with Crippen molar-refractivity contribution in [2.45, 2.75) is 0 Å². The standard InChI is InChI=1S/C17H12N2OS/c20-17(11-10-16-12-21-19-18-16)15-8-6-14(7-9-15)13-4-2-1-3-5-13/h1-12H/b11-10+. The zero-order valence-electron chi connectivity index (χ0n) is 11.1. The van der Waals surface area contributed by atoms with Crippen LogP contribution in [0.1, 0.15) is 16.1 Å². The Morgan fingerprint density at radius 3 is 2.33 bits per heavy atom. The molecular formula is C17H12N2OS. The van der Waals surface area contributed by atoms with E-state index in [1.54, 1.807) is 11.5 Å². The number of ketones is 1. The van der Waals surface area contributed by atoms with Gasteiger partial charge in [-0.15, -0.1) is 5.10 Å². The summed E-state index contributed by atoms with van der Waals surface area (Å²) in [6.07, 6.45) is 3.20. The van der Waals surface area contributed by atoms with Crippen LogP contribution in [0.25, 0.3) is 17.2 Å². The lowest BCUT2D eigenvalue weighted by Crippen LogP contribution is -1.93. The number of carbonyl (C=O) groups is 1. The van der Waals surface area contributed by atoms with E-state index >= 15 is 0 Å². The van der Waals surface area contributed by atoms with Crippen LogP contribution in [-0.4, -0.2) is 15.4 Å². The van der Waals surface area contributed by atoms with Crippen LogP contribution in [0.15, 0.2) is 66.1 Å². The van der Waals surface area contributed by atoms with E-state index in [1.165, 1.54) is 17.6 Å². The van der Waals surface area contributed by atoms with E-state index in [-0.39, 0.29) is 5.78 Å². The van der Waals surface area contributed by atoms with E-state index in [2.05, 4.69) is 9.59 Å². The van der Waals surface area contributed by atoms with Gasteiger partial charge in [-0.1, -0.05) is 59.1 Å². The highest BCUT2D eigenvalue weighted by molar-refractivity contribution is 7.03. The number of hydrogen-bond donors (Lipinski definition) is 0. The molecule has 0 N–H and O–H groups in total. The van der Waals surface area contributed by atoms with Gasteiger partial charge in [0.1, 0.15) is 0 Å². The molecule has 0 aliphatic carbocycles. The Kier molecular flexibility index (Phi) is 3.98. The average Bonchev–Trinajstić information content (AvgIpc) is 3.07. The van der Waals surface area contributed by atoms with Gasteiger partial charge in [0.25, 0.3) is 0 Å². The highest BCUT2D eigenvalue weighted by atomic mass is 32.1. The zero-order chi connectivity index (χ0) is 14.5. The molecule has 0 spiro atoms. The van der Waals surface area contributed by atoms with E-state index in [4.69, 9.17) is 0 Å². The molecule has 0 aliphatic heterocycles. The fourth-order valence-electron chi connectivity index (χ4n) is 1.96. The summed E-state index contributed by atoms with van der Waals surface area (Å²) in [7, 11) is 0. The van der Waals surface area contributed by atoms with Crippen LogP contribution in [0.3, 0.4) is 0 Å². The summed E-state index contributed by atoms with van der Waals surface area (Å²) in [6, 6.07) is 17.7. The van der Waals surface area contributed by atoms with Crippen molar-refractivity contribution in [3.05, 3.63) is 77.3 Å². The van der Waals surface area contributed by atoms with Gasteiger partial charge in [0.15, 0.2) is 5.78 Å². The minimum Gasteiger partial charge on any atom is -0.289 e. The molecule has 3 aromatic rings. The molecule has 2 aromatic carbocycles. The first-order valence-electron chi connectivity index (χ1n) is 6.48. The lowest BCUT2D eigenvalue weighted by Gasteiger charge is -2.02. The summed E-state index contributed by atoms with van der Waals surface area (Å²) in [5.41, 5.74) is 3.60. The van der Waals surface area contributed by atoms with Gasteiger partial charge in [0, 0.05) is 10.9 Å². The van der Waals surface area contributed by atoms with Gasteiger partial charge in [-0.25, -0.2) is 0 Å². The molecule has 3 rings (SSSR count). The zero-order valence-corrected chi connectivity index (χ0v) is 12.0. The fraction of sp³-hybridized carbons (Fsp3) is 0. The first kappa shape index (κ1) is 13.4. The molecule has 102 valence electrons. The first-order chi connectivity index (χ1) is 10.3. The molecule has 3 nitrogen and oxygen atoms in total. The Balaban J connectivity index is 1.76. The number of nitrogens with zero attached hydrogens (tertiary/aromatic N) is 2. The molecule has 0 aliphatic rings. The Morgan fingerprint density at radius 2 is 1.67 bits per heavy atom. The number of hydrogen-bond acceptors (Lipinski definition) is 4. The monoisotopic (exact) mass is 292 g/mol. The molecular weight excluding hydrogens is 280 g/mol. The predicted octanol–water partition coefficient (Wildman–Crippen LogP) is 4.10. The SMILES string of the molecule is O=C(/C=C/c1csnn1)c1ccc(-c2ccccc2)cc1. The molecule has 1 heterocycles. The van der Waals surface area contributed by atoms with E-state index in [0.29, 0.717) is 11.3 Å². The van der Waals surface area contributed by atoms with Crippen molar-refractivity contribution < 1.29 is 4.79 Å². The third-order valence-corrected chi connectivity index (χ3v) is 3.58. The molecule has 0 amide bonds. The van der Waals surface area contributed by atoms with E-state index < -0.39 is 0 Å². The van der Waals surface area contributed by atoms with Gasteiger partial charge in [-0.3, -0.25) is 4.79 Å². The van der Waals surface area contributed by atoms with E-state index in [0.717, 1.165) is 11.1 Å². The van der Waals surface area contributed by atoms with Gasteiger partial charge >= 0.3 is 0 Å². The van der Waals surface area contributed by atoms with Gasteiger partial charge < -0.3 is 0 Å². The molecule has 0 atom stereocenters. The summed E-state index contributed by atoms with van der Waals surface area (Å²) in [4.78, 5) is 12.1. The quantitative estimate of drug-likeness (QED) is 0.537. The van der Waals surface area contributed by atoms with Gasteiger partial charge in [0.05, 0.1) is 5.69 Å². The van der Waals surface area contributed by atoms with Crippen LogP contribution in [0.2, 0.25) is 0 Å². The third-order valence-electron chi connectivity index (χ3n) is 3.06. The van der Waals surface area contributed by atoms with Crippen LogP contribution >= 0.6 is 11.5 Å². The van der Waals surface area contributed by atoms with Crippen molar-refractivity contribution in [1.29, 1.82) is 0 Å². The summed E-state index contributed by atoms with van der Waals surface area (Å²) in [6.45, 7) is 0. The van der Waals surface area contributed by atoms with E-state index in [1.807, 2.05) is 54.6 Å².